The molecular formula is C9H22BBrO5. The first kappa shape index (κ1) is 18.7. The van der Waals surface area contributed by atoms with E-state index in [1.165, 1.54) is 0 Å². The van der Waals surface area contributed by atoms with Crippen molar-refractivity contribution in [3.8, 4) is 0 Å². The zero-order valence-electron chi connectivity index (χ0n) is 10.3. The van der Waals surface area contributed by atoms with E-state index in [0.29, 0.717) is 6.61 Å². The number of halogens is 1. The van der Waals surface area contributed by atoms with Gasteiger partial charge in [-0.15, -0.1) is 0 Å². The van der Waals surface area contributed by atoms with E-state index in [9.17, 15) is 5.11 Å². The maximum absolute atomic E-state index is 9.71. The Morgan fingerprint density at radius 2 is 1.50 bits per heavy atom. The van der Waals surface area contributed by atoms with Gasteiger partial charge in [-0.25, -0.2) is 0 Å². The maximum atomic E-state index is 9.71. The normalized spacial score (nSPS) is 11.8. The van der Waals surface area contributed by atoms with Gasteiger partial charge in [-0.3, -0.25) is 0 Å². The Morgan fingerprint density at radius 3 is 1.75 bits per heavy atom. The SMILES string of the molecule is CC(C)(O)C(C)(C)OCCCBr.OB(O)O. The number of hydrogen-bond donors (Lipinski definition) is 4. The van der Waals surface area contributed by atoms with E-state index in [1.807, 2.05) is 13.8 Å². The van der Waals surface area contributed by atoms with E-state index in [-0.39, 0.29) is 0 Å². The Labute approximate surface area is 106 Å². The summed E-state index contributed by atoms with van der Waals surface area (Å²) in [6, 6.07) is 0. The molecule has 98 valence electrons. The van der Waals surface area contributed by atoms with Crippen LogP contribution in [0.25, 0.3) is 0 Å². The first-order chi connectivity index (χ1) is 7.04. The molecule has 0 atom stereocenters. The van der Waals surface area contributed by atoms with Gasteiger partial charge in [-0.05, 0) is 34.1 Å². The Kier molecular flexibility index (Phi) is 9.86. The van der Waals surface area contributed by atoms with Crippen LogP contribution >= 0.6 is 15.9 Å². The van der Waals surface area contributed by atoms with E-state index in [4.69, 9.17) is 19.8 Å². The smallest absolute Gasteiger partial charge is 0.402 e. The van der Waals surface area contributed by atoms with Gasteiger partial charge in [0.05, 0.1) is 11.2 Å². The molecule has 0 aromatic rings. The molecule has 0 aliphatic carbocycles. The van der Waals surface area contributed by atoms with E-state index in [1.54, 1.807) is 13.8 Å². The number of rotatable bonds is 5. The molecule has 0 aliphatic rings. The molecule has 0 saturated heterocycles. The average molecular weight is 301 g/mol. The van der Waals surface area contributed by atoms with Gasteiger partial charge in [0.15, 0.2) is 0 Å². The summed E-state index contributed by atoms with van der Waals surface area (Å²) in [6.45, 7) is 8.02. The fraction of sp³-hybridized carbons (Fsp3) is 1.00. The van der Waals surface area contributed by atoms with Gasteiger partial charge in [-0.2, -0.15) is 0 Å². The molecule has 0 radical (unpaired) electrons. The summed E-state index contributed by atoms with van der Waals surface area (Å²) < 4.78 is 5.55. The van der Waals surface area contributed by atoms with Gasteiger partial charge in [0.2, 0.25) is 0 Å². The van der Waals surface area contributed by atoms with Crippen molar-refractivity contribution in [2.75, 3.05) is 11.9 Å². The van der Waals surface area contributed by atoms with Gasteiger partial charge in [0.1, 0.15) is 0 Å². The van der Waals surface area contributed by atoms with E-state index in [2.05, 4.69) is 15.9 Å². The quantitative estimate of drug-likeness (QED) is 0.333. The summed E-state index contributed by atoms with van der Waals surface area (Å²) in [5, 5.41) is 32.1. The van der Waals surface area contributed by atoms with Crippen molar-refractivity contribution in [1.82, 2.24) is 0 Å². The zero-order chi connectivity index (χ0) is 13.4. The lowest BCUT2D eigenvalue weighted by atomic mass is 9.89. The van der Waals surface area contributed by atoms with Gasteiger partial charge in [0.25, 0.3) is 0 Å². The molecule has 0 heterocycles. The summed E-state index contributed by atoms with van der Waals surface area (Å²) in [6.07, 6.45) is 0.972. The van der Waals surface area contributed by atoms with Crippen LogP contribution in [0, 0.1) is 0 Å². The second-order valence-corrected chi connectivity index (χ2v) is 5.10. The molecule has 0 rings (SSSR count). The molecule has 0 saturated carbocycles. The van der Waals surface area contributed by atoms with Crippen LogP contribution in [0.2, 0.25) is 0 Å². The first-order valence-electron chi connectivity index (χ1n) is 5.01. The highest BCUT2D eigenvalue weighted by atomic mass is 79.9. The van der Waals surface area contributed by atoms with E-state index >= 15 is 0 Å². The van der Waals surface area contributed by atoms with Crippen molar-refractivity contribution in [2.45, 2.75) is 45.3 Å². The van der Waals surface area contributed by atoms with Crippen LogP contribution in [0.1, 0.15) is 34.1 Å². The van der Waals surface area contributed by atoms with Crippen molar-refractivity contribution in [2.24, 2.45) is 0 Å². The van der Waals surface area contributed by atoms with Gasteiger partial charge < -0.3 is 24.9 Å². The fourth-order valence-corrected chi connectivity index (χ4v) is 0.787. The van der Waals surface area contributed by atoms with Crippen LogP contribution in [0.5, 0.6) is 0 Å². The van der Waals surface area contributed by atoms with E-state index in [0.717, 1.165) is 11.8 Å². The summed E-state index contributed by atoms with van der Waals surface area (Å²) in [5.74, 6) is 0. The van der Waals surface area contributed by atoms with Gasteiger partial charge >= 0.3 is 7.32 Å². The Morgan fingerprint density at radius 1 is 1.12 bits per heavy atom. The highest BCUT2D eigenvalue weighted by molar-refractivity contribution is 9.09. The summed E-state index contributed by atoms with van der Waals surface area (Å²) >= 11 is 3.33. The summed E-state index contributed by atoms with van der Waals surface area (Å²) in [7, 11) is -2.17. The van der Waals surface area contributed by atoms with Crippen molar-refractivity contribution in [3.05, 3.63) is 0 Å². The molecule has 0 amide bonds. The molecule has 5 nitrogen and oxygen atoms in total. The zero-order valence-corrected chi connectivity index (χ0v) is 11.9. The van der Waals surface area contributed by atoms with Crippen LogP contribution in [-0.2, 0) is 4.74 Å². The van der Waals surface area contributed by atoms with E-state index < -0.39 is 18.5 Å². The Balaban J connectivity index is 0. The summed E-state index contributed by atoms with van der Waals surface area (Å²) in [4.78, 5) is 0. The Bertz CT molecular complexity index is 167. The molecule has 0 aliphatic heterocycles. The predicted octanol–water partition coefficient (Wildman–Crippen LogP) is 0.286. The third kappa shape index (κ3) is 10.8. The van der Waals surface area contributed by atoms with Crippen LogP contribution < -0.4 is 0 Å². The minimum Gasteiger partial charge on any atom is -0.402 e. The number of alkyl halides is 1. The molecule has 0 spiro atoms. The minimum atomic E-state index is -2.17. The minimum absolute atomic E-state index is 0.477. The van der Waals surface area contributed by atoms with Crippen molar-refractivity contribution >= 4 is 23.3 Å². The lowest BCUT2D eigenvalue weighted by Gasteiger charge is -2.37. The highest BCUT2D eigenvalue weighted by Crippen LogP contribution is 2.24. The van der Waals surface area contributed by atoms with Crippen molar-refractivity contribution in [3.63, 3.8) is 0 Å². The predicted molar refractivity (Wildman–Crippen MR) is 67.2 cm³/mol. The van der Waals surface area contributed by atoms with Crippen LogP contribution in [-0.4, -0.2) is 50.6 Å². The molecule has 16 heavy (non-hydrogen) atoms. The monoisotopic (exact) mass is 300 g/mol. The van der Waals surface area contributed by atoms with Crippen molar-refractivity contribution in [1.29, 1.82) is 0 Å². The van der Waals surface area contributed by atoms with Gasteiger partial charge in [0, 0.05) is 11.9 Å². The second kappa shape index (κ2) is 8.44. The van der Waals surface area contributed by atoms with Crippen LogP contribution in [0.4, 0.5) is 0 Å². The molecule has 4 N–H and O–H groups in total. The molecule has 7 heteroatoms. The number of ether oxygens (including phenoxy) is 1. The largest absolute Gasteiger partial charge is 0.631 e. The lowest BCUT2D eigenvalue weighted by molar-refractivity contribution is -0.146. The number of aliphatic hydroxyl groups is 1. The Hall–Kier alpha value is 0.345. The molecular weight excluding hydrogens is 279 g/mol. The van der Waals surface area contributed by atoms with Crippen LogP contribution in [0.3, 0.4) is 0 Å². The maximum Gasteiger partial charge on any atom is 0.631 e. The molecule has 0 fully saturated rings. The standard InChI is InChI=1S/C9H19BrO2.BH3O3/c1-8(2,11)9(3,4)12-7-5-6-10;2-1(3)4/h11H,5-7H2,1-4H3;2-4H. The van der Waals surface area contributed by atoms with Crippen molar-refractivity contribution < 1.29 is 24.9 Å². The fourth-order valence-electron chi connectivity index (χ4n) is 0.558. The average Bonchev–Trinajstić information content (AvgIpc) is 2.01. The number of hydrogen-bond acceptors (Lipinski definition) is 5. The molecule has 0 bridgehead atoms. The molecule has 0 aromatic carbocycles. The highest BCUT2D eigenvalue weighted by Gasteiger charge is 2.35. The third-order valence-corrected chi connectivity index (χ3v) is 2.77. The van der Waals surface area contributed by atoms with Gasteiger partial charge in [-0.1, -0.05) is 15.9 Å². The molecule has 0 unspecified atom stereocenters. The lowest BCUT2D eigenvalue weighted by Crippen LogP contribution is -2.47. The first-order valence-corrected chi connectivity index (χ1v) is 6.13. The second-order valence-electron chi connectivity index (χ2n) is 4.31. The third-order valence-electron chi connectivity index (χ3n) is 2.21. The topological polar surface area (TPSA) is 90.2 Å². The molecule has 0 aromatic heterocycles. The summed E-state index contributed by atoms with van der Waals surface area (Å²) in [5.41, 5.74) is -1.27. The van der Waals surface area contributed by atoms with Crippen LogP contribution in [0.15, 0.2) is 0 Å².